The Kier molecular flexibility index (Phi) is 3.18. The first-order chi connectivity index (χ1) is 7.31. The Hall–Kier alpha value is -1.13. The van der Waals surface area contributed by atoms with Crippen LogP contribution >= 0.6 is 12.2 Å². The summed E-state index contributed by atoms with van der Waals surface area (Å²) in [6.45, 7) is 0.763. The van der Waals surface area contributed by atoms with Crippen molar-refractivity contribution < 1.29 is 5.11 Å². The minimum atomic E-state index is 0.0180. The number of rotatable bonds is 3. The fraction of sp³-hybridized carbons (Fsp3) is 0.364. The number of imidazole rings is 1. The van der Waals surface area contributed by atoms with E-state index in [1.54, 1.807) is 6.20 Å². The van der Waals surface area contributed by atoms with Crippen LogP contribution in [0.2, 0.25) is 0 Å². The topological polar surface area (TPSA) is 40.9 Å². The normalized spacial score (nSPS) is 15.4. The summed E-state index contributed by atoms with van der Waals surface area (Å²) in [4.78, 5) is 2.94. The van der Waals surface area contributed by atoms with Crippen LogP contribution in [0.1, 0.15) is 18.5 Å². The van der Waals surface area contributed by atoms with Crippen LogP contribution in [-0.2, 0) is 13.2 Å². The second kappa shape index (κ2) is 4.59. The van der Waals surface area contributed by atoms with E-state index in [0.29, 0.717) is 4.77 Å². The molecule has 0 bridgehead atoms. The summed E-state index contributed by atoms with van der Waals surface area (Å²) < 4.78 is 2.59. The summed E-state index contributed by atoms with van der Waals surface area (Å²) in [5.41, 5.74) is 2.09. The molecule has 4 heteroatoms. The van der Waals surface area contributed by atoms with E-state index in [9.17, 15) is 0 Å². The van der Waals surface area contributed by atoms with Gasteiger partial charge in [0.2, 0.25) is 0 Å². The molecule has 80 valence electrons. The second-order valence-electron chi connectivity index (χ2n) is 3.59. The fourth-order valence-electron chi connectivity index (χ4n) is 1.70. The summed E-state index contributed by atoms with van der Waals surface area (Å²) in [7, 11) is 0. The van der Waals surface area contributed by atoms with E-state index in [1.165, 1.54) is 5.57 Å². The van der Waals surface area contributed by atoms with E-state index >= 15 is 0 Å². The molecule has 2 N–H and O–H groups in total. The highest BCUT2D eigenvalue weighted by Crippen LogP contribution is 2.13. The Labute approximate surface area is 93.8 Å². The lowest BCUT2D eigenvalue weighted by molar-refractivity contribution is 0.271. The lowest BCUT2D eigenvalue weighted by Crippen LogP contribution is -2.05. The van der Waals surface area contributed by atoms with E-state index in [4.69, 9.17) is 17.3 Å². The third-order valence-electron chi connectivity index (χ3n) is 2.53. The smallest absolute Gasteiger partial charge is 0.177 e. The predicted octanol–water partition coefficient (Wildman–Crippen LogP) is 2.31. The van der Waals surface area contributed by atoms with Gasteiger partial charge in [-0.05, 0) is 30.6 Å². The summed E-state index contributed by atoms with van der Waals surface area (Å²) in [6.07, 6.45) is 10.5. The Morgan fingerprint density at radius 1 is 1.47 bits per heavy atom. The maximum atomic E-state index is 9.14. The number of hydrogen-bond donors (Lipinski definition) is 2. The average Bonchev–Trinajstić information content (AvgIpc) is 2.62. The monoisotopic (exact) mass is 222 g/mol. The number of aromatic amines is 1. The van der Waals surface area contributed by atoms with Crippen LogP contribution < -0.4 is 0 Å². The van der Waals surface area contributed by atoms with Crippen molar-refractivity contribution in [2.24, 2.45) is 0 Å². The van der Waals surface area contributed by atoms with Gasteiger partial charge in [-0.3, -0.25) is 0 Å². The van der Waals surface area contributed by atoms with Crippen LogP contribution in [0.5, 0.6) is 0 Å². The molecule has 2 rings (SSSR count). The van der Waals surface area contributed by atoms with Gasteiger partial charge in [0.1, 0.15) is 0 Å². The van der Waals surface area contributed by atoms with Gasteiger partial charge in [0, 0.05) is 12.7 Å². The van der Waals surface area contributed by atoms with Gasteiger partial charge < -0.3 is 14.7 Å². The molecule has 0 radical (unpaired) electrons. The van der Waals surface area contributed by atoms with Gasteiger partial charge in [-0.25, -0.2) is 0 Å². The molecule has 0 saturated heterocycles. The van der Waals surface area contributed by atoms with Crippen LogP contribution in [0.3, 0.4) is 0 Å². The average molecular weight is 222 g/mol. The molecule has 0 spiro atoms. The standard InChI is InChI=1S/C11H14N2OS/c14-8-10-6-12-11(15)13(10)7-9-4-2-1-3-5-9/h2,4-6,14H,1,3,7-8H2,(H,12,15). The predicted molar refractivity (Wildman–Crippen MR) is 62.0 cm³/mol. The first kappa shape index (κ1) is 10.4. The van der Waals surface area contributed by atoms with Crippen molar-refractivity contribution in [2.75, 3.05) is 0 Å². The summed E-state index contributed by atoms with van der Waals surface area (Å²) in [6, 6.07) is 0. The maximum absolute atomic E-state index is 9.14. The number of H-pyrrole nitrogens is 1. The number of hydrogen-bond acceptors (Lipinski definition) is 2. The molecule has 1 aliphatic carbocycles. The molecule has 1 heterocycles. The Balaban J connectivity index is 2.23. The highest BCUT2D eigenvalue weighted by atomic mass is 32.1. The highest BCUT2D eigenvalue weighted by Gasteiger charge is 2.05. The third kappa shape index (κ3) is 2.27. The minimum Gasteiger partial charge on any atom is -0.390 e. The molecule has 1 aliphatic rings. The van der Waals surface area contributed by atoms with Gasteiger partial charge in [0.05, 0.1) is 12.3 Å². The van der Waals surface area contributed by atoms with Crippen LogP contribution in [0.15, 0.2) is 30.0 Å². The first-order valence-corrected chi connectivity index (χ1v) is 5.45. The second-order valence-corrected chi connectivity index (χ2v) is 3.97. The van der Waals surface area contributed by atoms with E-state index < -0.39 is 0 Å². The van der Waals surface area contributed by atoms with Gasteiger partial charge in [0.25, 0.3) is 0 Å². The quantitative estimate of drug-likeness (QED) is 0.771. The zero-order valence-electron chi connectivity index (χ0n) is 8.44. The van der Waals surface area contributed by atoms with Gasteiger partial charge in [0.15, 0.2) is 4.77 Å². The van der Waals surface area contributed by atoms with E-state index in [1.807, 2.05) is 4.57 Å². The number of allylic oxidation sites excluding steroid dienone is 4. The number of aromatic nitrogens is 2. The number of nitrogens with zero attached hydrogens (tertiary/aromatic N) is 1. The number of nitrogens with one attached hydrogen (secondary N) is 1. The van der Waals surface area contributed by atoms with Crippen molar-refractivity contribution in [3.63, 3.8) is 0 Å². The molecule has 0 aromatic carbocycles. The van der Waals surface area contributed by atoms with Crippen molar-refractivity contribution in [3.8, 4) is 0 Å². The molecule has 0 unspecified atom stereocenters. The summed E-state index contributed by atoms with van der Waals surface area (Å²) in [5, 5.41) is 9.14. The first-order valence-electron chi connectivity index (χ1n) is 5.05. The maximum Gasteiger partial charge on any atom is 0.177 e. The molecule has 1 aromatic heterocycles. The third-order valence-corrected chi connectivity index (χ3v) is 2.87. The molecule has 3 nitrogen and oxygen atoms in total. The molecule has 0 fully saturated rings. The minimum absolute atomic E-state index is 0.0180. The molecule has 0 atom stereocenters. The van der Waals surface area contributed by atoms with Crippen LogP contribution in [0, 0.1) is 4.77 Å². The van der Waals surface area contributed by atoms with Crippen LogP contribution in [0.4, 0.5) is 0 Å². The van der Waals surface area contributed by atoms with Gasteiger partial charge >= 0.3 is 0 Å². The van der Waals surface area contributed by atoms with Crippen molar-refractivity contribution in [1.29, 1.82) is 0 Å². The number of aliphatic hydroxyl groups excluding tert-OH is 1. The summed E-state index contributed by atoms with van der Waals surface area (Å²) in [5.74, 6) is 0. The van der Waals surface area contributed by atoms with E-state index in [0.717, 1.165) is 25.1 Å². The Morgan fingerprint density at radius 3 is 3.00 bits per heavy atom. The molecule has 0 aliphatic heterocycles. The Bertz CT molecular complexity index is 453. The van der Waals surface area contributed by atoms with Crippen LogP contribution in [0.25, 0.3) is 0 Å². The van der Waals surface area contributed by atoms with Gasteiger partial charge in [-0.2, -0.15) is 0 Å². The molecule has 0 amide bonds. The zero-order chi connectivity index (χ0) is 10.7. The lowest BCUT2D eigenvalue weighted by Gasteiger charge is -2.10. The summed E-state index contributed by atoms with van der Waals surface area (Å²) >= 11 is 5.15. The molecule has 0 saturated carbocycles. The molecule has 1 aromatic rings. The van der Waals surface area contributed by atoms with Crippen molar-refractivity contribution in [3.05, 3.63) is 40.5 Å². The molecular weight excluding hydrogens is 208 g/mol. The van der Waals surface area contributed by atoms with E-state index in [-0.39, 0.29) is 6.61 Å². The van der Waals surface area contributed by atoms with Crippen molar-refractivity contribution in [1.82, 2.24) is 9.55 Å². The molecule has 15 heavy (non-hydrogen) atoms. The van der Waals surface area contributed by atoms with Crippen LogP contribution in [-0.4, -0.2) is 14.7 Å². The fourth-order valence-corrected chi connectivity index (χ4v) is 1.94. The molecular formula is C11H14N2OS. The van der Waals surface area contributed by atoms with Crippen molar-refractivity contribution >= 4 is 12.2 Å². The van der Waals surface area contributed by atoms with Crippen molar-refractivity contribution in [2.45, 2.75) is 26.0 Å². The SMILES string of the molecule is OCc1c[nH]c(=S)n1CC1=CCCC=C1. The lowest BCUT2D eigenvalue weighted by atomic mass is 10.1. The number of aliphatic hydroxyl groups is 1. The Morgan fingerprint density at radius 2 is 2.33 bits per heavy atom. The highest BCUT2D eigenvalue weighted by molar-refractivity contribution is 7.71. The van der Waals surface area contributed by atoms with Gasteiger partial charge in [-0.15, -0.1) is 0 Å². The largest absolute Gasteiger partial charge is 0.390 e. The zero-order valence-corrected chi connectivity index (χ0v) is 9.26. The van der Waals surface area contributed by atoms with Gasteiger partial charge in [-0.1, -0.05) is 18.2 Å². The van der Waals surface area contributed by atoms with E-state index in [2.05, 4.69) is 23.2 Å².